The number of benzene rings is 1. The van der Waals surface area contributed by atoms with Gasteiger partial charge in [-0.2, -0.15) is 49.8 Å². The number of nitrogens with one attached hydrogen (secondary N) is 2. The van der Waals surface area contributed by atoms with E-state index in [9.17, 15) is 49.6 Å². The number of aromatic nitrogens is 4. The van der Waals surface area contributed by atoms with Gasteiger partial charge >= 0.3 is 36.4 Å². The summed E-state index contributed by atoms with van der Waals surface area (Å²) in [4.78, 5) is 61.1. The molecule has 4 aromatic rings. The lowest BCUT2D eigenvalue weighted by atomic mass is 10.0. The Labute approximate surface area is 347 Å². The average Bonchev–Trinajstić information content (AvgIpc) is 3.21. The van der Waals surface area contributed by atoms with Crippen molar-refractivity contribution in [3.63, 3.8) is 0 Å². The predicted molar refractivity (Wildman–Crippen MR) is 196 cm³/mol. The minimum absolute atomic E-state index is 0.0745. The number of carboxylic acids is 3. The summed E-state index contributed by atoms with van der Waals surface area (Å²) >= 11 is 6.37. The van der Waals surface area contributed by atoms with Crippen LogP contribution in [-0.2, 0) is 32.0 Å². The summed E-state index contributed by atoms with van der Waals surface area (Å²) in [5.41, 5.74) is 4.07. The lowest BCUT2D eigenvalue weighted by Crippen LogP contribution is -2.50. The van der Waals surface area contributed by atoms with Crippen molar-refractivity contribution in [2.24, 2.45) is 0 Å². The molecule has 0 unspecified atom stereocenters. The van der Waals surface area contributed by atoms with Crippen LogP contribution in [0.1, 0.15) is 16.7 Å². The van der Waals surface area contributed by atoms with E-state index in [1.807, 2.05) is 35.4 Å². The molecule has 0 aliphatic carbocycles. The summed E-state index contributed by atoms with van der Waals surface area (Å²) in [5.74, 6) is -6.19. The van der Waals surface area contributed by atoms with Gasteiger partial charge in [0.25, 0.3) is 5.91 Å². The van der Waals surface area contributed by atoms with Gasteiger partial charge in [0.15, 0.2) is 12.4 Å². The molecule has 5 heterocycles. The van der Waals surface area contributed by atoms with Crippen LogP contribution in [0.25, 0.3) is 0 Å². The highest BCUT2D eigenvalue weighted by Crippen LogP contribution is 2.30. The topological polar surface area (TPSA) is 244 Å². The van der Waals surface area contributed by atoms with Crippen molar-refractivity contribution in [2.75, 3.05) is 48.3 Å². The minimum Gasteiger partial charge on any atom is -0.483 e. The first-order chi connectivity index (χ1) is 28.9. The van der Waals surface area contributed by atoms with Gasteiger partial charge in [0.05, 0.1) is 23.6 Å². The van der Waals surface area contributed by atoms with Gasteiger partial charge in [0.2, 0.25) is 5.95 Å². The molecule has 5 N–H and O–H groups in total. The first kappa shape index (κ1) is 49.2. The number of halogens is 10. The Morgan fingerprint density at radius 1 is 0.790 bits per heavy atom. The molecule has 0 saturated carbocycles. The molecule has 1 fully saturated rings. The Bertz CT molecular complexity index is 2210. The second-order valence-corrected chi connectivity index (χ2v) is 12.5. The number of amides is 1. The van der Waals surface area contributed by atoms with Crippen molar-refractivity contribution in [3.8, 4) is 11.8 Å². The third-order valence-corrected chi connectivity index (χ3v) is 8.00. The largest absolute Gasteiger partial charge is 0.490 e. The molecule has 6 rings (SSSR count). The first-order valence-electron chi connectivity index (χ1n) is 16.9. The molecule has 332 valence electrons. The lowest BCUT2D eigenvalue weighted by Gasteiger charge is -2.35. The van der Waals surface area contributed by atoms with Gasteiger partial charge in [0.1, 0.15) is 22.7 Å². The van der Waals surface area contributed by atoms with Crippen molar-refractivity contribution < 1.29 is 78.7 Å². The van der Waals surface area contributed by atoms with Gasteiger partial charge in [0, 0.05) is 44.3 Å². The van der Waals surface area contributed by atoms with E-state index in [4.69, 9.17) is 46.0 Å². The van der Waals surface area contributed by atoms with Gasteiger partial charge in [-0.25, -0.2) is 24.4 Å². The summed E-state index contributed by atoms with van der Waals surface area (Å²) in [6, 6.07) is 13.4. The van der Waals surface area contributed by atoms with Gasteiger partial charge in [-0.3, -0.25) is 9.78 Å². The summed E-state index contributed by atoms with van der Waals surface area (Å²) in [6.45, 7) is 2.17. The summed E-state index contributed by atoms with van der Waals surface area (Å²) in [6.07, 6.45) is -7.10. The number of carbonyl (C=O) groups is 4. The number of fused-ring (bicyclic) bond motifs is 6. The molecule has 1 amide bonds. The molecule has 0 atom stereocenters. The van der Waals surface area contributed by atoms with E-state index in [1.54, 1.807) is 35.6 Å². The van der Waals surface area contributed by atoms with Gasteiger partial charge < -0.3 is 40.5 Å². The number of carboxylic acid groups (broad SMARTS) is 3. The molecular weight excluding hydrogens is 881 g/mol. The standard InChI is InChI=1S/C29H26ClN9O2.3C2HF3O2/c30-24-17-34-29-36-23-12-19(15-32-16-23)3-4-20-13-22(35-27(24)37-29)5-6-25(20)41-18-26(40)38-8-10-39(11-9-38)28-21(14-31)2-1-7-33-28;3*3-2(4,5)1(6)7/h1-2,5-7,12-13,15-17H,3-4,8-11,18H2,(H2,34,35,36,37);3*(H,6,7). The smallest absolute Gasteiger partial charge is 0.483 e. The number of aryl methyl sites for hydroxylation is 2. The normalized spacial score (nSPS) is 13.3. The van der Waals surface area contributed by atoms with E-state index < -0.39 is 36.4 Å². The van der Waals surface area contributed by atoms with Gasteiger partial charge in [-0.15, -0.1) is 0 Å². The molecule has 1 aromatic carbocycles. The zero-order valence-electron chi connectivity index (χ0n) is 31.0. The van der Waals surface area contributed by atoms with Crippen molar-refractivity contribution in [1.29, 1.82) is 5.26 Å². The fourth-order valence-corrected chi connectivity index (χ4v) is 5.02. The highest BCUT2D eigenvalue weighted by Gasteiger charge is 2.39. The molecule has 1 saturated heterocycles. The fraction of sp³-hybridized carbons (Fsp3) is 0.286. The van der Waals surface area contributed by atoms with Crippen LogP contribution in [0.3, 0.4) is 0 Å². The Balaban J connectivity index is 0.000000403. The number of alkyl halides is 9. The fourth-order valence-electron chi connectivity index (χ4n) is 4.88. The third kappa shape index (κ3) is 15.5. The second kappa shape index (κ2) is 21.4. The Hall–Kier alpha value is -7.17. The number of carbonyl (C=O) groups excluding carboxylic acids is 1. The molecule has 17 nitrogen and oxygen atoms in total. The number of rotatable bonds is 4. The molecule has 62 heavy (non-hydrogen) atoms. The number of nitrogens with zero attached hydrogens (tertiary/aromatic N) is 7. The van der Waals surface area contributed by atoms with Crippen LogP contribution in [-0.4, -0.2) is 115 Å². The summed E-state index contributed by atoms with van der Waals surface area (Å²) < 4.78 is 101. The number of aliphatic carboxylic acids is 3. The number of piperazine rings is 1. The van der Waals surface area contributed by atoms with Crippen molar-refractivity contribution in [2.45, 2.75) is 31.4 Å². The van der Waals surface area contributed by atoms with Gasteiger partial charge in [-0.1, -0.05) is 11.6 Å². The number of pyridine rings is 2. The monoisotopic (exact) mass is 909 g/mol. The Morgan fingerprint density at radius 2 is 1.39 bits per heavy atom. The highest BCUT2D eigenvalue weighted by atomic mass is 35.5. The number of hydrogen-bond acceptors (Lipinski definition) is 13. The van der Waals surface area contributed by atoms with Gasteiger partial charge in [-0.05, 0) is 60.4 Å². The maximum atomic E-state index is 13.1. The van der Waals surface area contributed by atoms with E-state index >= 15 is 0 Å². The number of nitriles is 1. The van der Waals surface area contributed by atoms with Crippen molar-refractivity contribution in [1.82, 2.24) is 24.8 Å². The second-order valence-electron chi connectivity index (χ2n) is 12.1. The van der Waals surface area contributed by atoms with Crippen LogP contribution in [0.5, 0.6) is 5.75 Å². The molecule has 0 radical (unpaired) electrons. The molecular formula is C35H29ClF9N9O8. The average molecular weight is 910 g/mol. The predicted octanol–water partition coefficient (Wildman–Crippen LogP) is 6.00. The number of anilines is 5. The van der Waals surface area contributed by atoms with E-state index in [0.717, 1.165) is 28.9 Å². The van der Waals surface area contributed by atoms with E-state index in [0.29, 0.717) is 66.5 Å². The Morgan fingerprint density at radius 3 is 1.95 bits per heavy atom. The van der Waals surface area contributed by atoms with Crippen LogP contribution in [0.2, 0.25) is 5.02 Å². The molecule has 6 bridgehead atoms. The molecule has 2 aliphatic rings. The van der Waals surface area contributed by atoms with Crippen LogP contribution in [0.4, 0.5) is 68.5 Å². The number of hydrogen-bond donors (Lipinski definition) is 5. The van der Waals surface area contributed by atoms with E-state index in [2.05, 4.69) is 36.6 Å². The molecule has 3 aromatic heterocycles. The zero-order chi connectivity index (χ0) is 46.4. The van der Waals surface area contributed by atoms with Crippen LogP contribution < -0.4 is 20.3 Å². The summed E-state index contributed by atoms with van der Waals surface area (Å²) in [7, 11) is 0. The lowest BCUT2D eigenvalue weighted by molar-refractivity contribution is -0.193. The molecule has 0 spiro atoms. The molecule has 27 heteroatoms. The van der Waals surface area contributed by atoms with Crippen LogP contribution >= 0.6 is 11.6 Å². The van der Waals surface area contributed by atoms with Crippen LogP contribution in [0, 0.1) is 11.3 Å². The summed E-state index contributed by atoms with van der Waals surface area (Å²) in [5, 5.41) is 37.6. The quantitative estimate of drug-likeness (QED) is 0.147. The first-order valence-corrected chi connectivity index (χ1v) is 17.3. The van der Waals surface area contributed by atoms with E-state index in [-0.39, 0.29) is 12.5 Å². The van der Waals surface area contributed by atoms with Crippen LogP contribution in [0.15, 0.2) is 61.2 Å². The minimum atomic E-state index is -5.08. The molecule has 2 aliphatic heterocycles. The third-order valence-electron chi connectivity index (χ3n) is 7.72. The maximum Gasteiger partial charge on any atom is 0.490 e. The van der Waals surface area contributed by atoms with E-state index in [1.165, 1.54) is 0 Å². The Kier molecular flexibility index (Phi) is 17.0. The van der Waals surface area contributed by atoms with Crippen molar-refractivity contribution >= 4 is 64.4 Å². The van der Waals surface area contributed by atoms with Crippen molar-refractivity contribution in [3.05, 3.63) is 82.9 Å². The maximum absolute atomic E-state index is 13.1. The highest BCUT2D eigenvalue weighted by molar-refractivity contribution is 6.32. The number of ether oxygens (including phenoxy) is 1. The SMILES string of the molecule is N#Cc1cccnc1N1CCN(C(=O)COc2ccc3cc2CCc2cncc(c2)Nc2ncc(Cl)c(n2)N3)CC1.O=C(O)C(F)(F)F.O=C(O)C(F)(F)F.O=C(O)C(F)(F)F. The zero-order valence-corrected chi connectivity index (χ0v) is 31.8.